The van der Waals surface area contributed by atoms with Crippen molar-refractivity contribution < 1.29 is 33.4 Å². The molecule has 1 unspecified atom stereocenters. The third-order valence-corrected chi connectivity index (χ3v) is 8.17. The van der Waals surface area contributed by atoms with E-state index in [0.717, 1.165) is 36.8 Å². The normalized spacial score (nSPS) is 18.7. The van der Waals surface area contributed by atoms with Gasteiger partial charge in [0, 0.05) is 18.8 Å². The molecule has 0 radical (unpaired) electrons. The van der Waals surface area contributed by atoms with Crippen LogP contribution in [-0.2, 0) is 37.0 Å². The van der Waals surface area contributed by atoms with Gasteiger partial charge in [-0.25, -0.2) is 9.59 Å². The van der Waals surface area contributed by atoms with Crippen LogP contribution in [0.5, 0.6) is 0 Å². The molecule has 0 saturated heterocycles. The number of carbonyl (C=O) groups excluding carboxylic acids is 4. The lowest BCUT2D eigenvalue weighted by atomic mass is 9.88. The van der Waals surface area contributed by atoms with E-state index in [1.807, 2.05) is 30.3 Å². The third-order valence-electron chi connectivity index (χ3n) is 8.17. The highest BCUT2D eigenvalue weighted by molar-refractivity contribution is 5.97. The van der Waals surface area contributed by atoms with Crippen LogP contribution in [-0.4, -0.2) is 54.3 Å². The smallest absolute Gasteiger partial charge is 0.410 e. The zero-order valence-electron chi connectivity index (χ0n) is 25.3. The van der Waals surface area contributed by atoms with Crippen molar-refractivity contribution in [3.63, 3.8) is 0 Å². The fourth-order valence-electron chi connectivity index (χ4n) is 5.90. The van der Waals surface area contributed by atoms with Gasteiger partial charge in [0.2, 0.25) is 5.91 Å². The second kappa shape index (κ2) is 12.7. The summed E-state index contributed by atoms with van der Waals surface area (Å²) in [6.07, 6.45) is 3.01. The number of anilines is 1. The predicted octanol–water partition coefficient (Wildman–Crippen LogP) is 5.36. The monoisotopic (exact) mass is 591 g/mol. The Morgan fingerprint density at radius 3 is 2.26 bits per heavy atom. The number of methoxy groups -OCH3 is 1. The van der Waals surface area contributed by atoms with Gasteiger partial charge in [-0.15, -0.1) is 0 Å². The van der Waals surface area contributed by atoms with Gasteiger partial charge in [-0.2, -0.15) is 0 Å². The van der Waals surface area contributed by atoms with Crippen LogP contribution >= 0.6 is 0 Å². The number of rotatable bonds is 9. The fraction of sp³-hybridized carbons (Fsp3) is 0.515. The SMILES string of the molecule is COC(=O)C1CN(C(=O)OC(C)(C)C)Cc2cc(NC(=O)[C@@H](NC(=O)OCc3ccccc3)C(C3CC3)C3CC3)ccc21. The molecule has 2 saturated carbocycles. The summed E-state index contributed by atoms with van der Waals surface area (Å²) in [5.41, 5.74) is 2.11. The van der Waals surface area contributed by atoms with E-state index >= 15 is 0 Å². The van der Waals surface area contributed by atoms with Gasteiger partial charge >= 0.3 is 18.2 Å². The lowest BCUT2D eigenvalue weighted by Crippen LogP contribution is -2.50. The molecule has 5 rings (SSSR count). The first-order valence-corrected chi connectivity index (χ1v) is 15.0. The maximum atomic E-state index is 13.8. The lowest BCUT2D eigenvalue weighted by Gasteiger charge is -2.35. The summed E-state index contributed by atoms with van der Waals surface area (Å²) in [5, 5.41) is 5.88. The van der Waals surface area contributed by atoms with Crippen molar-refractivity contribution in [2.45, 2.75) is 77.2 Å². The highest BCUT2D eigenvalue weighted by Crippen LogP contribution is 2.51. The minimum Gasteiger partial charge on any atom is -0.468 e. The second-order valence-corrected chi connectivity index (χ2v) is 12.8. The molecule has 2 fully saturated rings. The average Bonchev–Trinajstić information content (AvgIpc) is 3.90. The molecular formula is C33H41N3O7. The Hall–Kier alpha value is -4.08. The molecule has 2 aromatic rings. The minimum atomic E-state index is -0.750. The van der Waals surface area contributed by atoms with Crippen molar-refractivity contribution in [3.8, 4) is 0 Å². The average molecular weight is 592 g/mol. The van der Waals surface area contributed by atoms with Gasteiger partial charge in [0.05, 0.1) is 13.0 Å². The number of alkyl carbamates (subject to hydrolysis) is 1. The molecule has 0 bridgehead atoms. The van der Waals surface area contributed by atoms with Crippen LogP contribution in [0.25, 0.3) is 0 Å². The molecule has 3 amide bonds. The molecule has 2 aliphatic carbocycles. The quantitative estimate of drug-likeness (QED) is 0.297. The molecule has 1 aliphatic heterocycles. The lowest BCUT2D eigenvalue weighted by molar-refractivity contribution is -0.143. The summed E-state index contributed by atoms with van der Waals surface area (Å²) < 4.78 is 16.1. The Bertz CT molecular complexity index is 1340. The summed E-state index contributed by atoms with van der Waals surface area (Å²) in [4.78, 5) is 53.8. The summed E-state index contributed by atoms with van der Waals surface area (Å²) in [6, 6.07) is 13.9. The predicted molar refractivity (Wildman–Crippen MR) is 159 cm³/mol. The fourth-order valence-corrected chi connectivity index (χ4v) is 5.90. The van der Waals surface area contributed by atoms with E-state index < -0.39 is 35.7 Å². The van der Waals surface area contributed by atoms with E-state index in [-0.39, 0.29) is 31.5 Å². The standard InChI is InChI=1S/C33H41N3O7/c1-33(2,3)43-32(40)36-17-23-16-24(14-15-25(23)26(18-36)30(38)41-4)34-29(37)28(27(21-10-11-21)22-12-13-22)35-31(39)42-19-20-8-6-5-7-9-20/h5-9,14-16,21-22,26-28H,10-13,17-19H2,1-4H3,(H,34,37)(H,35,39)/t26?,28-/m0/s1. The first-order valence-electron chi connectivity index (χ1n) is 15.0. The molecule has 230 valence electrons. The summed E-state index contributed by atoms with van der Waals surface area (Å²) in [7, 11) is 1.32. The van der Waals surface area contributed by atoms with Crippen molar-refractivity contribution in [3.05, 3.63) is 65.2 Å². The summed E-state index contributed by atoms with van der Waals surface area (Å²) in [5.74, 6) is -0.637. The number of amides is 3. The molecule has 1 heterocycles. The highest BCUT2D eigenvalue weighted by Gasteiger charge is 2.48. The van der Waals surface area contributed by atoms with Crippen LogP contribution in [0.1, 0.15) is 69.1 Å². The minimum absolute atomic E-state index is 0.0354. The van der Waals surface area contributed by atoms with Gasteiger partial charge in [-0.1, -0.05) is 36.4 Å². The number of hydrogen-bond donors (Lipinski definition) is 2. The van der Waals surface area contributed by atoms with Crippen LogP contribution < -0.4 is 10.6 Å². The molecule has 2 aromatic carbocycles. The molecule has 2 N–H and O–H groups in total. The first kappa shape index (κ1) is 30.4. The van der Waals surface area contributed by atoms with Crippen molar-refractivity contribution in [1.29, 1.82) is 0 Å². The molecule has 10 heteroatoms. The Labute approximate surface area is 252 Å². The van der Waals surface area contributed by atoms with Gasteiger partial charge in [0.25, 0.3) is 0 Å². The second-order valence-electron chi connectivity index (χ2n) is 12.8. The van der Waals surface area contributed by atoms with E-state index in [4.69, 9.17) is 14.2 Å². The Kier molecular flexibility index (Phi) is 8.94. The Morgan fingerprint density at radius 2 is 1.65 bits per heavy atom. The number of nitrogens with zero attached hydrogens (tertiary/aromatic N) is 1. The van der Waals surface area contributed by atoms with Crippen LogP contribution in [0, 0.1) is 17.8 Å². The van der Waals surface area contributed by atoms with E-state index in [9.17, 15) is 19.2 Å². The number of fused-ring (bicyclic) bond motifs is 1. The van der Waals surface area contributed by atoms with Crippen molar-refractivity contribution in [1.82, 2.24) is 10.2 Å². The molecule has 43 heavy (non-hydrogen) atoms. The van der Waals surface area contributed by atoms with E-state index in [0.29, 0.717) is 23.1 Å². The van der Waals surface area contributed by atoms with Gasteiger partial charge < -0.3 is 29.7 Å². The Morgan fingerprint density at radius 1 is 0.977 bits per heavy atom. The van der Waals surface area contributed by atoms with E-state index in [1.165, 1.54) is 12.0 Å². The number of hydrogen-bond acceptors (Lipinski definition) is 7. The third kappa shape index (κ3) is 7.86. The molecule has 0 aromatic heterocycles. The van der Waals surface area contributed by atoms with E-state index in [1.54, 1.807) is 39.0 Å². The van der Waals surface area contributed by atoms with E-state index in [2.05, 4.69) is 10.6 Å². The maximum Gasteiger partial charge on any atom is 0.410 e. The van der Waals surface area contributed by atoms with Crippen LogP contribution in [0.2, 0.25) is 0 Å². The van der Waals surface area contributed by atoms with Gasteiger partial charge in [0.15, 0.2) is 0 Å². The molecule has 10 nitrogen and oxygen atoms in total. The zero-order valence-corrected chi connectivity index (χ0v) is 25.3. The van der Waals surface area contributed by atoms with Crippen molar-refractivity contribution in [2.75, 3.05) is 19.0 Å². The van der Waals surface area contributed by atoms with Gasteiger partial charge in [-0.05, 0) is 93.0 Å². The zero-order chi connectivity index (χ0) is 30.7. The topological polar surface area (TPSA) is 123 Å². The van der Waals surface area contributed by atoms with Crippen LogP contribution in [0.15, 0.2) is 48.5 Å². The van der Waals surface area contributed by atoms with Gasteiger partial charge in [0.1, 0.15) is 18.2 Å². The molecule has 2 atom stereocenters. The maximum absolute atomic E-state index is 13.8. The number of nitrogens with one attached hydrogen (secondary N) is 2. The number of carbonyl (C=O) groups is 4. The van der Waals surface area contributed by atoms with Crippen molar-refractivity contribution in [2.24, 2.45) is 17.8 Å². The summed E-state index contributed by atoms with van der Waals surface area (Å²) in [6.45, 7) is 5.80. The molecular weight excluding hydrogens is 550 g/mol. The Balaban J connectivity index is 1.33. The molecule has 3 aliphatic rings. The number of ether oxygens (including phenoxy) is 3. The van der Waals surface area contributed by atoms with Crippen molar-refractivity contribution >= 4 is 29.8 Å². The first-order chi connectivity index (χ1) is 20.5. The van der Waals surface area contributed by atoms with Crippen LogP contribution in [0.3, 0.4) is 0 Å². The largest absolute Gasteiger partial charge is 0.468 e. The number of esters is 1. The van der Waals surface area contributed by atoms with Gasteiger partial charge in [-0.3, -0.25) is 9.59 Å². The summed E-state index contributed by atoms with van der Waals surface area (Å²) >= 11 is 0. The number of benzene rings is 2. The van der Waals surface area contributed by atoms with Crippen LogP contribution in [0.4, 0.5) is 15.3 Å². The highest BCUT2D eigenvalue weighted by atomic mass is 16.6. The molecule has 0 spiro atoms.